The van der Waals surface area contributed by atoms with Crippen LogP contribution in [0.2, 0.25) is 0 Å². The van der Waals surface area contributed by atoms with Crippen LogP contribution in [0.25, 0.3) is 0 Å². The van der Waals surface area contributed by atoms with Crippen LogP contribution in [-0.2, 0) is 5.41 Å². The zero-order valence-corrected chi connectivity index (χ0v) is 8.66. The number of nitrogens with two attached hydrogens (primary N) is 1. The summed E-state index contributed by atoms with van der Waals surface area (Å²) >= 11 is 0. The molecule has 0 aliphatic rings. The van der Waals surface area contributed by atoms with Crippen molar-refractivity contribution >= 4 is 0 Å². The standard InChI is InChI=1S/C9H17N3O/c1-5-6(10)7-11-8(12-13-7)9(2,3)4/h6H,5,10H2,1-4H3. The van der Waals surface area contributed by atoms with Gasteiger partial charge in [-0.25, -0.2) is 0 Å². The van der Waals surface area contributed by atoms with E-state index >= 15 is 0 Å². The van der Waals surface area contributed by atoms with E-state index in [9.17, 15) is 0 Å². The molecule has 0 radical (unpaired) electrons. The Labute approximate surface area is 78.5 Å². The first-order chi connectivity index (χ1) is 5.95. The normalized spacial score (nSPS) is 14.5. The topological polar surface area (TPSA) is 64.9 Å². The van der Waals surface area contributed by atoms with Gasteiger partial charge in [0.1, 0.15) is 0 Å². The van der Waals surface area contributed by atoms with Crippen molar-refractivity contribution in [3.63, 3.8) is 0 Å². The van der Waals surface area contributed by atoms with E-state index in [4.69, 9.17) is 10.3 Å². The first-order valence-corrected chi connectivity index (χ1v) is 4.54. The third-order valence-corrected chi connectivity index (χ3v) is 1.87. The van der Waals surface area contributed by atoms with E-state index in [0.717, 1.165) is 6.42 Å². The maximum absolute atomic E-state index is 5.75. The van der Waals surface area contributed by atoms with Crippen LogP contribution >= 0.6 is 0 Å². The molecule has 0 aromatic carbocycles. The molecule has 4 heteroatoms. The van der Waals surface area contributed by atoms with Crippen molar-refractivity contribution in [3.05, 3.63) is 11.7 Å². The molecule has 1 rings (SSSR count). The molecule has 0 spiro atoms. The van der Waals surface area contributed by atoms with Gasteiger partial charge in [-0.05, 0) is 6.42 Å². The molecule has 1 heterocycles. The Hall–Kier alpha value is -0.900. The summed E-state index contributed by atoms with van der Waals surface area (Å²) in [6.45, 7) is 8.11. The Bertz CT molecular complexity index is 275. The molecule has 74 valence electrons. The Kier molecular flexibility index (Phi) is 2.71. The van der Waals surface area contributed by atoms with Gasteiger partial charge >= 0.3 is 0 Å². The third-order valence-electron chi connectivity index (χ3n) is 1.87. The summed E-state index contributed by atoms with van der Waals surface area (Å²) in [7, 11) is 0. The lowest BCUT2D eigenvalue weighted by Crippen LogP contribution is -2.14. The van der Waals surface area contributed by atoms with Gasteiger partial charge in [-0.2, -0.15) is 4.98 Å². The van der Waals surface area contributed by atoms with Gasteiger partial charge in [-0.1, -0.05) is 32.9 Å². The lowest BCUT2D eigenvalue weighted by atomic mass is 9.96. The smallest absolute Gasteiger partial charge is 0.243 e. The molecule has 0 fully saturated rings. The largest absolute Gasteiger partial charge is 0.338 e. The molecular formula is C9H17N3O. The second kappa shape index (κ2) is 3.46. The fraction of sp³-hybridized carbons (Fsp3) is 0.778. The molecule has 0 saturated carbocycles. The third kappa shape index (κ3) is 2.28. The van der Waals surface area contributed by atoms with E-state index in [-0.39, 0.29) is 11.5 Å². The van der Waals surface area contributed by atoms with Gasteiger partial charge in [-0.3, -0.25) is 0 Å². The van der Waals surface area contributed by atoms with Crippen LogP contribution in [0.15, 0.2) is 4.52 Å². The Balaban J connectivity index is 2.87. The highest BCUT2D eigenvalue weighted by molar-refractivity contribution is 5.01. The van der Waals surface area contributed by atoms with E-state index in [1.807, 2.05) is 27.7 Å². The summed E-state index contributed by atoms with van der Waals surface area (Å²) in [5.74, 6) is 1.25. The Morgan fingerprint density at radius 3 is 2.46 bits per heavy atom. The van der Waals surface area contributed by atoms with E-state index in [1.165, 1.54) is 0 Å². The van der Waals surface area contributed by atoms with Gasteiger partial charge in [-0.15, -0.1) is 0 Å². The minimum Gasteiger partial charge on any atom is -0.338 e. The molecule has 1 unspecified atom stereocenters. The van der Waals surface area contributed by atoms with Gasteiger partial charge in [0, 0.05) is 5.41 Å². The van der Waals surface area contributed by atoms with Gasteiger partial charge in [0.25, 0.3) is 0 Å². The first-order valence-electron chi connectivity index (χ1n) is 4.54. The molecule has 1 aromatic heterocycles. The molecule has 0 saturated heterocycles. The molecule has 13 heavy (non-hydrogen) atoms. The molecule has 0 bridgehead atoms. The molecule has 2 N–H and O–H groups in total. The molecule has 1 aromatic rings. The number of nitrogens with zero attached hydrogens (tertiary/aromatic N) is 2. The Morgan fingerprint density at radius 1 is 1.46 bits per heavy atom. The van der Waals surface area contributed by atoms with Crippen LogP contribution < -0.4 is 5.73 Å². The molecule has 0 aliphatic carbocycles. The van der Waals surface area contributed by atoms with Crippen molar-refractivity contribution in [2.75, 3.05) is 0 Å². The monoisotopic (exact) mass is 183 g/mol. The van der Waals surface area contributed by atoms with Crippen molar-refractivity contribution in [1.82, 2.24) is 10.1 Å². The maximum Gasteiger partial charge on any atom is 0.243 e. The number of hydrogen-bond acceptors (Lipinski definition) is 4. The van der Waals surface area contributed by atoms with E-state index in [2.05, 4.69) is 10.1 Å². The molecule has 1 atom stereocenters. The summed E-state index contributed by atoms with van der Waals surface area (Å²) in [5, 5.41) is 3.89. The van der Waals surface area contributed by atoms with Gasteiger partial charge in [0.05, 0.1) is 6.04 Å². The SMILES string of the molecule is CCC(N)c1nc(C(C)(C)C)no1. The highest BCUT2D eigenvalue weighted by Crippen LogP contribution is 2.20. The van der Waals surface area contributed by atoms with E-state index in [0.29, 0.717) is 11.7 Å². The molecular weight excluding hydrogens is 166 g/mol. The average molecular weight is 183 g/mol. The van der Waals surface area contributed by atoms with Crippen LogP contribution in [0.1, 0.15) is 51.9 Å². The number of aromatic nitrogens is 2. The minimum absolute atomic E-state index is 0.0742. The zero-order chi connectivity index (χ0) is 10.1. The second-order valence-corrected chi connectivity index (χ2v) is 4.22. The van der Waals surface area contributed by atoms with Crippen LogP contribution in [0.3, 0.4) is 0 Å². The number of hydrogen-bond donors (Lipinski definition) is 1. The van der Waals surface area contributed by atoms with Crippen molar-refractivity contribution in [2.45, 2.75) is 45.6 Å². The van der Waals surface area contributed by atoms with Crippen molar-refractivity contribution < 1.29 is 4.52 Å². The second-order valence-electron chi connectivity index (χ2n) is 4.22. The van der Waals surface area contributed by atoms with Crippen LogP contribution in [0, 0.1) is 0 Å². The summed E-state index contributed by atoms with van der Waals surface area (Å²) in [6, 6.07) is -0.136. The highest BCUT2D eigenvalue weighted by Gasteiger charge is 2.22. The lowest BCUT2D eigenvalue weighted by Gasteiger charge is -2.11. The van der Waals surface area contributed by atoms with Crippen molar-refractivity contribution in [3.8, 4) is 0 Å². The predicted octanol–water partition coefficient (Wildman–Crippen LogP) is 1.78. The summed E-state index contributed by atoms with van der Waals surface area (Å²) in [4.78, 5) is 4.25. The minimum atomic E-state index is -0.136. The van der Waals surface area contributed by atoms with E-state index in [1.54, 1.807) is 0 Å². The molecule has 4 nitrogen and oxygen atoms in total. The van der Waals surface area contributed by atoms with Crippen LogP contribution in [0.5, 0.6) is 0 Å². The fourth-order valence-electron chi connectivity index (χ4n) is 0.865. The zero-order valence-electron chi connectivity index (χ0n) is 8.66. The molecule has 0 amide bonds. The van der Waals surface area contributed by atoms with Crippen LogP contribution in [-0.4, -0.2) is 10.1 Å². The summed E-state index contributed by atoms with van der Waals surface area (Å²) in [6.07, 6.45) is 0.811. The Morgan fingerprint density at radius 2 is 2.08 bits per heavy atom. The van der Waals surface area contributed by atoms with Gasteiger partial charge in [0.2, 0.25) is 5.89 Å². The maximum atomic E-state index is 5.75. The predicted molar refractivity (Wildman–Crippen MR) is 50.2 cm³/mol. The number of rotatable bonds is 2. The lowest BCUT2D eigenvalue weighted by molar-refractivity contribution is 0.341. The first kappa shape index (κ1) is 10.2. The van der Waals surface area contributed by atoms with E-state index < -0.39 is 0 Å². The van der Waals surface area contributed by atoms with Gasteiger partial charge < -0.3 is 10.3 Å². The quantitative estimate of drug-likeness (QED) is 0.759. The fourth-order valence-corrected chi connectivity index (χ4v) is 0.865. The average Bonchev–Trinajstić information content (AvgIpc) is 2.50. The van der Waals surface area contributed by atoms with Crippen molar-refractivity contribution in [1.29, 1.82) is 0 Å². The van der Waals surface area contributed by atoms with Gasteiger partial charge in [0.15, 0.2) is 5.82 Å². The van der Waals surface area contributed by atoms with Crippen LogP contribution in [0.4, 0.5) is 0 Å². The molecule has 0 aliphatic heterocycles. The highest BCUT2D eigenvalue weighted by atomic mass is 16.5. The van der Waals surface area contributed by atoms with Crippen molar-refractivity contribution in [2.24, 2.45) is 5.73 Å². The summed E-state index contributed by atoms with van der Waals surface area (Å²) < 4.78 is 5.06. The summed E-state index contributed by atoms with van der Waals surface area (Å²) in [5.41, 5.74) is 5.68.